The van der Waals surface area contributed by atoms with Crippen molar-refractivity contribution in [2.75, 3.05) is 6.61 Å². The molecule has 2 aliphatic rings. The number of hydrogen-bond acceptors (Lipinski definition) is 3. The summed E-state index contributed by atoms with van der Waals surface area (Å²) in [5.41, 5.74) is 5.99. The lowest BCUT2D eigenvalue weighted by atomic mass is 9.85. The molecular weight excluding hydrogens is 166 g/mol. The van der Waals surface area contributed by atoms with Crippen LogP contribution in [-0.2, 0) is 9.53 Å². The average Bonchev–Trinajstić information content (AvgIpc) is 2.63. The second-order valence-electron chi connectivity index (χ2n) is 4.19. The zero-order valence-electron chi connectivity index (χ0n) is 8.03. The molecule has 74 valence electrons. The molecule has 0 amide bonds. The quantitative estimate of drug-likeness (QED) is 0.648. The van der Waals surface area contributed by atoms with E-state index in [1.165, 1.54) is 12.8 Å². The third kappa shape index (κ3) is 1.35. The summed E-state index contributed by atoms with van der Waals surface area (Å²) >= 11 is 0. The number of hydrogen-bond donors (Lipinski definition) is 1. The fraction of sp³-hybridized carbons (Fsp3) is 0.900. The fourth-order valence-electron chi connectivity index (χ4n) is 2.92. The topological polar surface area (TPSA) is 52.3 Å². The predicted octanol–water partition coefficient (Wildman–Crippen LogP) is 0.923. The molecule has 4 atom stereocenters. The first-order valence-electron chi connectivity index (χ1n) is 5.16. The van der Waals surface area contributed by atoms with Crippen molar-refractivity contribution in [3.05, 3.63) is 0 Å². The molecule has 2 aliphatic carbocycles. The largest absolute Gasteiger partial charge is 0.466 e. The molecule has 3 heteroatoms. The Hall–Kier alpha value is -0.570. The Balaban J connectivity index is 2.03. The normalized spacial score (nSPS) is 42.3. The molecule has 0 saturated heterocycles. The smallest absolute Gasteiger partial charge is 0.310 e. The van der Waals surface area contributed by atoms with Gasteiger partial charge in [-0.3, -0.25) is 4.79 Å². The van der Waals surface area contributed by atoms with E-state index in [1.54, 1.807) is 0 Å². The van der Waals surface area contributed by atoms with Gasteiger partial charge in [-0.15, -0.1) is 0 Å². The number of carbonyl (C=O) groups excluding carboxylic acids is 1. The average molecular weight is 183 g/mol. The van der Waals surface area contributed by atoms with E-state index in [0.717, 1.165) is 6.42 Å². The summed E-state index contributed by atoms with van der Waals surface area (Å²) in [5.74, 6) is 1.03. The van der Waals surface area contributed by atoms with Crippen LogP contribution >= 0.6 is 0 Å². The molecule has 3 nitrogen and oxygen atoms in total. The van der Waals surface area contributed by atoms with Crippen LogP contribution in [0.2, 0.25) is 0 Å². The van der Waals surface area contributed by atoms with E-state index in [1.807, 2.05) is 6.92 Å². The first kappa shape index (κ1) is 9.00. The Bertz CT molecular complexity index is 215. The van der Waals surface area contributed by atoms with Crippen molar-refractivity contribution in [3.63, 3.8) is 0 Å². The molecule has 0 radical (unpaired) electrons. The van der Waals surface area contributed by atoms with E-state index in [0.29, 0.717) is 18.4 Å². The molecule has 2 saturated carbocycles. The Kier molecular flexibility index (Phi) is 2.28. The number of fused-ring (bicyclic) bond motifs is 2. The third-order valence-electron chi connectivity index (χ3n) is 3.54. The Morgan fingerprint density at radius 2 is 2.15 bits per heavy atom. The summed E-state index contributed by atoms with van der Waals surface area (Å²) in [6.45, 7) is 2.32. The summed E-state index contributed by atoms with van der Waals surface area (Å²) < 4.78 is 5.03. The Morgan fingerprint density at radius 3 is 2.69 bits per heavy atom. The van der Waals surface area contributed by atoms with Gasteiger partial charge < -0.3 is 10.5 Å². The van der Waals surface area contributed by atoms with Gasteiger partial charge >= 0.3 is 5.97 Å². The lowest BCUT2D eigenvalue weighted by Crippen LogP contribution is -2.41. The fourth-order valence-corrected chi connectivity index (χ4v) is 2.92. The number of esters is 1. The highest BCUT2D eigenvalue weighted by Gasteiger charge is 2.49. The zero-order chi connectivity index (χ0) is 9.42. The maximum atomic E-state index is 11.5. The summed E-state index contributed by atoms with van der Waals surface area (Å²) in [5, 5.41) is 0. The van der Waals surface area contributed by atoms with E-state index in [9.17, 15) is 4.79 Å². The first-order valence-corrected chi connectivity index (χ1v) is 5.16. The molecule has 2 N–H and O–H groups in total. The molecule has 2 bridgehead atoms. The highest BCUT2D eigenvalue weighted by Crippen LogP contribution is 2.47. The van der Waals surface area contributed by atoms with E-state index in [4.69, 9.17) is 10.5 Å². The number of ether oxygens (including phenoxy) is 1. The summed E-state index contributed by atoms with van der Waals surface area (Å²) in [7, 11) is 0. The SMILES string of the molecule is CCOC(=O)[C@@H]1[C@@H]2CC[C@H](C2)[C@H]1N. The molecule has 0 aromatic heterocycles. The van der Waals surface area contributed by atoms with Crippen molar-refractivity contribution in [1.29, 1.82) is 0 Å². The molecule has 0 aromatic carbocycles. The molecule has 2 fully saturated rings. The number of nitrogens with two attached hydrogens (primary N) is 1. The standard InChI is InChI=1S/C10H17NO2/c1-2-13-10(12)8-6-3-4-7(5-6)9(8)11/h6-9H,2-5,11H2,1H3/t6-,7-,8-,9-/m1/s1. The second-order valence-corrected chi connectivity index (χ2v) is 4.19. The van der Waals surface area contributed by atoms with Crippen molar-refractivity contribution in [3.8, 4) is 0 Å². The molecule has 0 aromatic rings. The highest BCUT2D eigenvalue weighted by molar-refractivity contribution is 5.74. The summed E-state index contributed by atoms with van der Waals surface area (Å²) in [4.78, 5) is 11.5. The van der Waals surface area contributed by atoms with Crippen molar-refractivity contribution >= 4 is 5.97 Å². The van der Waals surface area contributed by atoms with Crippen LogP contribution < -0.4 is 5.73 Å². The Labute approximate surface area is 78.6 Å². The highest BCUT2D eigenvalue weighted by atomic mass is 16.5. The maximum absolute atomic E-state index is 11.5. The minimum atomic E-state index is -0.0674. The van der Waals surface area contributed by atoms with Crippen LogP contribution in [0.15, 0.2) is 0 Å². The molecule has 2 rings (SSSR count). The second kappa shape index (κ2) is 3.29. The van der Waals surface area contributed by atoms with Gasteiger partial charge in [0, 0.05) is 6.04 Å². The zero-order valence-corrected chi connectivity index (χ0v) is 8.03. The van der Waals surface area contributed by atoms with Crippen molar-refractivity contribution in [2.45, 2.75) is 32.2 Å². The van der Waals surface area contributed by atoms with Gasteiger partial charge in [0.15, 0.2) is 0 Å². The van der Waals surface area contributed by atoms with Gasteiger partial charge in [0.2, 0.25) is 0 Å². The Morgan fingerprint density at radius 1 is 1.46 bits per heavy atom. The molecule has 13 heavy (non-hydrogen) atoms. The lowest BCUT2D eigenvalue weighted by Gasteiger charge is -2.25. The van der Waals surface area contributed by atoms with E-state index >= 15 is 0 Å². The predicted molar refractivity (Wildman–Crippen MR) is 48.9 cm³/mol. The van der Waals surface area contributed by atoms with E-state index in [-0.39, 0.29) is 17.9 Å². The van der Waals surface area contributed by atoms with Gasteiger partial charge in [0.05, 0.1) is 12.5 Å². The van der Waals surface area contributed by atoms with Gasteiger partial charge in [-0.05, 0) is 38.0 Å². The summed E-state index contributed by atoms with van der Waals surface area (Å²) in [6.07, 6.45) is 3.52. The maximum Gasteiger partial charge on any atom is 0.310 e. The molecule has 0 heterocycles. The minimum Gasteiger partial charge on any atom is -0.466 e. The van der Waals surface area contributed by atoms with Crippen LogP contribution in [-0.4, -0.2) is 18.6 Å². The van der Waals surface area contributed by atoms with Crippen LogP contribution in [0.1, 0.15) is 26.2 Å². The third-order valence-corrected chi connectivity index (χ3v) is 3.54. The monoisotopic (exact) mass is 183 g/mol. The van der Waals surface area contributed by atoms with Crippen LogP contribution in [0.4, 0.5) is 0 Å². The van der Waals surface area contributed by atoms with Gasteiger partial charge in [-0.2, -0.15) is 0 Å². The van der Waals surface area contributed by atoms with Crippen LogP contribution in [0.25, 0.3) is 0 Å². The number of rotatable bonds is 2. The van der Waals surface area contributed by atoms with Crippen molar-refractivity contribution in [2.24, 2.45) is 23.5 Å². The minimum absolute atomic E-state index is 0.00120. The van der Waals surface area contributed by atoms with Gasteiger partial charge in [-0.25, -0.2) is 0 Å². The molecule has 0 spiro atoms. The lowest BCUT2D eigenvalue weighted by molar-refractivity contribution is -0.150. The van der Waals surface area contributed by atoms with Crippen LogP contribution in [0, 0.1) is 17.8 Å². The van der Waals surface area contributed by atoms with Gasteiger partial charge in [0.25, 0.3) is 0 Å². The van der Waals surface area contributed by atoms with E-state index in [2.05, 4.69) is 0 Å². The summed E-state index contributed by atoms with van der Waals surface area (Å²) in [6, 6.07) is 0.0674. The molecule has 0 unspecified atom stereocenters. The van der Waals surface area contributed by atoms with Crippen LogP contribution in [0.3, 0.4) is 0 Å². The first-order chi connectivity index (χ1) is 6.24. The van der Waals surface area contributed by atoms with Gasteiger partial charge in [0.1, 0.15) is 0 Å². The van der Waals surface area contributed by atoms with Crippen molar-refractivity contribution < 1.29 is 9.53 Å². The molecular formula is C10H17NO2. The van der Waals surface area contributed by atoms with Gasteiger partial charge in [-0.1, -0.05) is 0 Å². The van der Waals surface area contributed by atoms with E-state index < -0.39 is 0 Å². The van der Waals surface area contributed by atoms with Crippen molar-refractivity contribution in [1.82, 2.24) is 0 Å². The number of carbonyl (C=O) groups is 1. The molecule has 0 aliphatic heterocycles. The van der Waals surface area contributed by atoms with Crippen LogP contribution in [0.5, 0.6) is 0 Å².